The van der Waals surface area contributed by atoms with Crippen LogP contribution in [0.4, 0.5) is 4.39 Å². The highest BCUT2D eigenvalue weighted by molar-refractivity contribution is 5.76. The maximum absolute atomic E-state index is 13.4. The normalized spacial score (nSPS) is 13.2. The summed E-state index contributed by atoms with van der Waals surface area (Å²) in [7, 11) is 0. The number of imidazole rings is 1. The second kappa shape index (κ2) is 3.75. The number of H-pyrrole nitrogens is 1. The summed E-state index contributed by atoms with van der Waals surface area (Å²) in [5.41, 5.74) is 1.22. The summed E-state index contributed by atoms with van der Waals surface area (Å²) < 4.78 is 14.7. The summed E-state index contributed by atoms with van der Waals surface area (Å²) in [6, 6.07) is 2.90. The molecule has 1 heterocycles. The standard InChI is InChI=1S/C11H13FN2O2/c1-6-3-9-10(4-8(6)12)14(5-7(2)15)11(16)13-9/h3-4,7,15H,5H2,1-2H3,(H,13,16). The van der Waals surface area contributed by atoms with Gasteiger partial charge in [-0.1, -0.05) is 0 Å². The van der Waals surface area contributed by atoms with Gasteiger partial charge in [0.25, 0.3) is 0 Å². The van der Waals surface area contributed by atoms with Crippen molar-refractivity contribution < 1.29 is 9.50 Å². The molecule has 0 amide bonds. The van der Waals surface area contributed by atoms with Gasteiger partial charge in [0.15, 0.2) is 0 Å². The Kier molecular flexibility index (Phi) is 2.55. The second-order valence-corrected chi connectivity index (χ2v) is 4.01. The predicted molar refractivity (Wildman–Crippen MR) is 58.9 cm³/mol. The number of aryl methyl sites for hydroxylation is 1. The van der Waals surface area contributed by atoms with E-state index in [4.69, 9.17) is 0 Å². The fraction of sp³-hybridized carbons (Fsp3) is 0.364. The van der Waals surface area contributed by atoms with Crippen LogP contribution in [0.15, 0.2) is 16.9 Å². The first-order valence-electron chi connectivity index (χ1n) is 5.06. The number of nitrogens with zero attached hydrogens (tertiary/aromatic N) is 1. The van der Waals surface area contributed by atoms with E-state index in [1.165, 1.54) is 10.6 Å². The van der Waals surface area contributed by atoms with Gasteiger partial charge in [0, 0.05) is 6.07 Å². The third-order valence-corrected chi connectivity index (χ3v) is 2.50. The maximum Gasteiger partial charge on any atom is 0.326 e. The van der Waals surface area contributed by atoms with Gasteiger partial charge in [-0.05, 0) is 25.5 Å². The fourth-order valence-corrected chi connectivity index (χ4v) is 1.73. The van der Waals surface area contributed by atoms with Gasteiger partial charge in [-0.25, -0.2) is 9.18 Å². The lowest BCUT2D eigenvalue weighted by atomic mass is 10.2. The molecule has 4 nitrogen and oxygen atoms in total. The average molecular weight is 224 g/mol. The number of hydrogen-bond acceptors (Lipinski definition) is 2. The van der Waals surface area contributed by atoms with Gasteiger partial charge in [0.1, 0.15) is 5.82 Å². The number of rotatable bonds is 2. The average Bonchev–Trinajstić information content (AvgIpc) is 2.45. The van der Waals surface area contributed by atoms with E-state index in [2.05, 4.69) is 4.98 Å². The number of halogens is 1. The van der Waals surface area contributed by atoms with E-state index in [-0.39, 0.29) is 18.1 Å². The quantitative estimate of drug-likeness (QED) is 0.804. The molecule has 0 fully saturated rings. The van der Waals surface area contributed by atoms with Gasteiger partial charge in [-0.15, -0.1) is 0 Å². The Morgan fingerprint density at radius 2 is 2.25 bits per heavy atom. The molecule has 0 saturated carbocycles. The smallest absolute Gasteiger partial charge is 0.326 e. The van der Waals surface area contributed by atoms with Crippen LogP contribution in [0.3, 0.4) is 0 Å². The Morgan fingerprint density at radius 3 is 2.88 bits per heavy atom. The molecule has 2 N–H and O–H groups in total. The van der Waals surface area contributed by atoms with Gasteiger partial charge in [0.05, 0.1) is 23.7 Å². The molecule has 86 valence electrons. The van der Waals surface area contributed by atoms with Crippen LogP contribution in [0.25, 0.3) is 11.0 Å². The monoisotopic (exact) mass is 224 g/mol. The van der Waals surface area contributed by atoms with Gasteiger partial charge in [-0.3, -0.25) is 4.57 Å². The molecule has 0 radical (unpaired) electrons. The number of aliphatic hydroxyl groups excluding tert-OH is 1. The summed E-state index contributed by atoms with van der Waals surface area (Å²) in [6.07, 6.45) is -0.652. The van der Waals surface area contributed by atoms with Crippen LogP contribution in [0.1, 0.15) is 12.5 Å². The number of aromatic amines is 1. The lowest BCUT2D eigenvalue weighted by molar-refractivity contribution is 0.174. The van der Waals surface area contributed by atoms with Crippen LogP contribution in [0.5, 0.6) is 0 Å². The summed E-state index contributed by atoms with van der Waals surface area (Å²) >= 11 is 0. The van der Waals surface area contributed by atoms with Crippen LogP contribution < -0.4 is 5.69 Å². The molecule has 0 aliphatic heterocycles. The molecule has 0 bridgehead atoms. The zero-order valence-electron chi connectivity index (χ0n) is 9.12. The summed E-state index contributed by atoms with van der Waals surface area (Å²) in [5.74, 6) is -0.356. The minimum Gasteiger partial charge on any atom is -0.392 e. The van der Waals surface area contributed by atoms with Crippen LogP contribution in [-0.4, -0.2) is 20.8 Å². The number of hydrogen-bond donors (Lipinski definition) is 2. The number of nitrogens with one attached hydrogen (secondary N) is 1. The van der Waals surface area contributed by atoms with Crippen LogP contribution in [-0.2, 0) is 6.54 Å². The van der Waals surface area contributed by atoms with E-state index >= 15 is 0 Å². The molecule has 1 aromatic heterocycles. The first-order chi connectivity index (χ1) is 7.49. The van der Waals surface area contributed by atoms with E-state index < -0.39 is 6.10 Å². The largest absolute Gasteiger partial charge is 0.392 e. The third kappa shape index (κ3) is 1.74. The summed E-state index contributed by atoms with van der Waals surface area (Å²) in [4.78, 5) is 14.2. The fourth-order valence-electron chi connectivity index (χ4n) is 1.73. The van der Waals surface area contributed by atoms with E-state index in [1.807, 2.05) is 0 Å². The predicted octanol–water partition coefficient (Wildman–Crippen LogP) is 1.16. The molecule has 1 atom stereocenters. The third-order valence-electron chi connectivity index (χ3n) is 2.50. The molecule has 5 heteroatoms. The van der Waals surface area contributed by atoms with Crippen molar-refractivity contribution in [1.82, 2.24) is 9.55 Å². The molecule has 2 rings (SSSR count). The Morgan fingerprint density at radius 1 is 1.56 bits per heavy atom. The van der Waals surface area contributed by atoms with Crippen molar-refractivity contribution in [3.63, 3.8) is 0 Å². The molecule has 0 saturated heterocycles. The molecule has 0 aliphatic rings. The highest BCUT2D eigenvalue weighted by Crippen LogP contribution is 2.16. The number of fused-ring (bicyclic) bond motifs is 1. The lowest BCUT2D eigenvalue weighted by Crippen LogP contribution is -2.22. The van der Waals surface area contributed by atoms with Crippen molar-refractivity contribution in [2.75, 3.05) is 0 Å². The molecule has 1 aromatic carbocycles. The summed E-state index contributed by atoms with van der Waals surface area (Å²) in [5, 5.41) is 9.26. The molecule has 16 heavy (non-hydrogen) atoms. The van der Waals surface area contributed by atoms with E-state index in [9.17, 15) is 14.3 Å². The molecule has 0 spiro atoms. The lowest BCUT2D eigenvalue weighted by Gasteiger charge is -2.06. The molecule has 2 aromatic rings. The van der Waals surface area contributed by atoms with Crippen molar-refractivity contribution in [3.05, 3.63) is 34.0 Å². The molecule has 0 aliphatic carbocycles. The van der Waals surface area contributed by atoms with Gasteiger partial charge in [-0.2, -0.15) is 0 Å². The SMILES string of the molecule is Cc1cc2[nH]c(=O)n(CC(C)O)c2cc1F. The number of benzene rings is 1. The topological polar surface area (TPSA) is 58.0 Å². The highest BCUT2D eigenvalue weighted by Gasteiger charge is 2.10. The first-order valence-corrected chi connectivity index (χ1v) is 5.06. The second-order valence-electron chi connectivity index (χ2n) is 4.01. The van der Waals surface area contributed by atoms with Crippen molar-refractivity contribution in [1.29, 1.82) is 0 Å². The van der Waals surface area contributed by atoms with Crippen molar-refractivity contribution in [3.8, 4) is 0 Å². The zero-order chi connectivity index (χ0) is 11.9. The zero-order valence-corrected chi connectivity index (χ0v) is 9.12. The number of aromatic nitrogens is 2. The van der Waals surface area contributed by atoms with Crippen molar-refractivity contribution in [2.45, 2.75) is 26.5 Å². The minimum atomic E-state index is -0.652. The van der Waals surface area contributed by atoms with E-state index in [1.54, 1.807) is 19.9 Å². The first kappa shape index (κ1) is 10.9. The Labute approximate surface area is 91.3 Å². The molecular weight excluding hydrogens is 211 g/mol. The van der Waals surface area contributed by atoms with Crippen LogP contribution in [0.2, 0.25) is 0 Å². The van der Waals surface area contributed by atoms with Gasteiger partial charge >= 0.3 is 5.69 Å². The Hall–Kier alpha value is -1.62. The van der Waals surface area contributed by atoms with E-state index in [0.29, 0.717) is 16.6 Å². The highest BCUT2D eigenvalue weighted by atomic mass is 19.1. The van der Waals surface area contributed by atoms with Crippen molar-refractivity contribution >= 4 is 11.0 Å². The minimum absolute atomic E-state index is 0.154. The Balaban J connectivity index is 2.69. The van der Waals surface area contributed by atoms with Gasteiger partial charge in [0.2, 0.25) is 0 Å². The van der Waals surface area contributed by atoms with Crippen molar-refractivity contribution in [2.24, 2.45) is 0 Å². The van der Waals surface area contributed by atoms with Gasteiger partial charge < -0.3 is 10.1 Å². The molecule has 1 unspecified atom stereocenters. The number of aliphatic hydroxyl groups is 1. The van der Waals surface area contributed by atoms with E-state index in [0.717, 1.165) is 0 Å². The molecular formula is C11H13FN2O2. The van der Waals surface area contributed by atoms with Crippen LogP contribution >= 0.6 is 0 Å². The maximum atomic E-state index is 13.4. The van der Waals surface area contributed by atoms with Crippen LogP contribution in [0, 0.1) is 12.7 Å². The Bertz CT molecular complexity index is 583. The summed E-state index contributed by atoms with van der Waals surface area (Å²) in [6.45, 7) is 3.37.